The van der Waals surface area contributed by atoms with Crippen LogP contribution in [0, 0.1) is 0 Å². The largest absolute Gasteiger partial charge is 0.493 e. The molecule has 25 heavy (non-hydrogen) atoms. The molecule has 2 aromatic carbocycles. The second-order valence-electron chi connectivity index (χ2n) is 5.70. The fraction of sp³-hybridized carbons (Fsp3) is 0.368. The third-order valence-electron chi connectivity index (χ3n) is 4.49. The number of methoxy groups -OCH3 is 4. The van der Waals surface area contributed by atoms with Crippen LogP contribution >= 0.6 is 12.4 Å². The number of ether oxygens (including phenoxy) is 4. The predicted octanol–water partition coefficient (Wildman–Crippen LogP) is 3.38. The number of nitrogens with one attached hydrogen (secondary N) is 1. The summed E-state index contributed by atoms with van der Waals surface area (Å²) in [4.78, 5) is 0. The van der Waals surface area contributed by atoms with Crippen molar-refractivity contribution in [3.63, 3.8) is 0 Å². The molecule has 0 aromatic heterocycles. The van der Waals surface area contributed by atoms with Crippen molar-refractivity contribution in [2.75, 3.05) is 35.0 Å². The van der Waals surface area contributed by atoms with E-state index in [1.54, 1.807) is 28.4 Å². The summed E-state index contributed by atoms with van der Waals surface area (Å²) in [5.74, 6) is 3.20. The van der Waals surface area contributed by atoms with Crippen LogP contribution in [-0.2, 0) is 6.54 Å². The standard InChI is InChI=1S/C19H23NO4.ClH/c1-21-16-6-5-12(7-17(16)22-2)15-11-20-10-13-8-18(23-3)19(24-4)9-14(13)15;/h5-9,15,20H,10-11H2,1-4H3;1H. The minimum atomic E-state index is 0. The molecule has 0 saturated heterocycles. The molecule has 5 nitrogen and oxygen atoms in total. The zero-order valence-electron chi connectivity index (χ0n) is 14.9. The lowest BCUT2D eigenvalue weighted by Gasteiger charge is -2.28. The maximum absolute atomic E-state index is 5.48. The van der Waals surface area contributed by atoms with Gasteiger partial charge in [-0.25, -0.2) is 0 Å². The van der Waals surface area contributed by atoms with Gasteiger partial charge in [0.05, 0.1) is 28.4 Å². The third kappa shape index (κ3) is 3.62. The molecule has 3 rings (SSSR count). The molecule has 1 atom stereocenters. The van der Waals surface area contributed by atoms with Gasteiger partial charge in [0.1, 0.15) is 0 Å². The number of benzene rings is 2. The van der Waals surface area contributed by atoms with Crippen molar-refractivity contribution < 1.29 is 18.9 Å². The van der Waals surface area contributed by atoms with Gasteiger partial charge in [-0.05, 0) is 41.0 Å². The van der Waals surface area contributed by atoms with Crippen LogP contribution in [-0.4, -0.2) is 35.0 Å². The lowest BCUT2D eigenvalue weighted by molar-refractivity contribution is 0.352. The van der Waals surface area contributed by atoms with Gasteiger partial charge in [-0.2, -0.15) is 0 Å². The Bertz CT molecular complexity index is 736. The highest BCUT2D eigenvalue weighted by Gasteiger charge is 2.25. The molecule has 2 aromatic rings. The Morgan fingerprint density at radius 3 is 2.04 bits per heavy atom. The van der Waals surface area contributed by atoms with E-state index in [2.05, 4.69) is 17.4 Å². The van der Waals surface area contributed by atoms with E-state index >= 15 is 0 Å². The van der Waals surface area contributed by atoms with Crippen LogP contribution in [0.2, 0.25) is 0 Å². The van der Waals surface area contributed by atoms with Gasteiger partial charge >= 0.3 is 0 Å². The van der Waals surface area contributed by atoms with Crippen LogP contribution in [0.3, 0.4) is 0 Å². The van der Waals surface area contributed by atoms with Gasteiger partial charge in [-0.3, -0.25) is 0 Å². The first-order valence-corrected chi connectivity index (χ1v) is 7.89. The third-order valence-corrected chi connectivity index (χ3v) is 4.49. The summed E-state index contributed by atoms with van der Waals surface area (Å²) in [5.41, 5.74) is 3.64. The fourth-order valence-corrected chi connectivity index (χ4v) is 3.24. The Morgan fingerprint density at radius 2 is 1.40 bits per heavy atom. The first kappa shape index (κ1) is 19.2. The molecule has 1 heterocycles. The smallest absolute Gasteiger partial charge is 0.161 e. The van der Waals surface area contributed by atoms with Gasteiger partial charge in [0.25, 0.3) is 0 Å². The van der Waals surface area contributed by atoms with E-state index in [0.29, 0.717) is 0 Å². The van der Waals surface area contributed by atoms with E-state index in [9.17, 15) is 0 Å². The highest BCUT2D eigenvalue weighted by atomic mass is 35.5. The first-order chi connectivity index (χ1) is 11.7. The molecule has 0 fully saturated rings. The van der Waals surface area contributed by atoms with Crippen molar-refractivity contribution in [3.8, 4) is 23.0 Å². The second-order valence-corrected chi connectivity index (χ2v) is 5.70. The molecular formula is C19H24ClNO4. The van der Waals surface area contributed by atoms with Gasteiger partial charge in [0, 0.05) is 19.0 Å². The van der Waals surface area contributed by atoms with Crippen molar-refractivity contribution >= 4 is 12.4 Å². The number of halogens is 1. The molecule has 0 bridgehead atoms. The summed E-state index contributed by atoms with van der Waals surface area (Å²) in [7, 11) is 6.62. The topological polar surface area (TPSA) is 49.0 Å². The van der Waals surface area contributed by atoms with E-state index in [0.717, 1.165) is 36.1 Å². The van der Waals surface area contributed by atoms with E-state index in [-0.39, 0.29) is 18.3 Å². The molecule has 1 aliphatic rings. The zero-order valence-corrected chi connectivity index (χ0v) is 15.7. The maximum atomic E-state index is 5.48. The fourth-order valence-electron chi connectivity index (χ4n) is 3.24. The van der Waals surface area contributed by atoms with Gasteiger partial charge in [-0.1, -0.05) is 6.07 Å². The zero-order chi connectivity index (χ0) is 17.1. The number of rotatable bonds is 5. The van der Waals surface area contributed by atoms with Crippen LogP contribution < -0.4 is 24.3 Å². The van der Waals surface area contributed by atoms with Crippen molar-refractivity contribution in [1.82, 2.24) is 5.32 Å². The molecule has 1 unspecified atom stereocenters. The Balaban J connectivity index is 0.00000225. The molecule has 1 aliphatic heterocycles. The van der Waals surface area contributed by atoms with Crippen molar-refractivity contribution in [3.05, 3.63) is 47.0 Å². The van der Waals surface area contributed by atoms with Gasteiger partial charge in [-0.15, -0.1) is 12.4 Å². The molecular weight excluding hydrogens is 342 g/mol. The van der Waals surface area contributed by atoms with Crippen molar-refractivity contribution in [1.29, 1.82) is 0 Å². The first-order valence-electron chi connectivity index (χ1n) is 7.89. The summed E-state index contributed by atoms with van der Waals surface area (Å²) in [6.07, 6.45) is 0. The second kappa shape index (κ2) is 8.32. The van der Waals surface area contributed by atoms with E-state index in [1.807, 2.05) is 18.2 Å². The Kier molecular flexibility index (Phi) is 6.39. The SMILES string of the molecule is COc1ccc(C2CNCc3cc(OC)c(OC)cc32)cc1OC.Cl. The highest BCUT2D eigenvalue weighted by molar-refractivity contribution is 5.85. The molecule has 0 amide bonds. The Labute approximate surface area is 154 Å². The van der Waals surface area contributed by atoms with Crippen molar-refractivity contribution in [2.45, 2.75) is 12.5 Å². The minimum Gasteiger partial charge on any atom is -0.493 e. The quantitative estimate of drug-likeness (QED) is 0.880. The maximum Gasteiger partial charge on any atom is 0.161 e. The average Bonchev–Trinajstić information content (AvgIpc) is 2.65. The highest BCUT2D eigenvalue weighted by Crippen LogP contribution is 2.40. The predicted molar refractivity (Wildman–Crippen MR) is 99.9 cm³/mol. The number of hydrogen-bond acceptors (Lipinski definition) is 5. The summed E-state index contributed by atoms with van der Waals surface area (Å²) in [5, 5.41) is 3.48. The monoisotopic (exact) mass is 365 g/mol. The molecule has 0 aliphatic carbocycles. The van der Waals surface area contributed by atoms with Crippen LogP contribution in [0.1, 0.15) is 22.6 Å². The van der Waals surface area contributed by atoms with E-state index in [1.165, 1.54) is 16.7 Å². The molecule has 136 valence electrons. The van der Waals surface area contributed by atoms with Crippen LogP contribution in [0.5, 0.6) is 23.0 Å². The Morgan fingerprint density at radius 1 is 0.800 bits per heavy atom. The summed E-state index contributed by atoms with van der Waals surface area (Å²) in [6.45, 7) is 1.68. The number of hydrogen-bond donors (Lipinski definition) is 1. The number of fused-ring (bicyclic) bond motifs is 1. The molecule has 1 N–H and O–H groups in total. The van der Waals surface area contributed by atoms with Gasteiger partial charge in [0.2, 0.25) is 0 Å². The molecule has 0 spiro atoms. The van der Waals surface area contributed by atoms with E-state index in [4.69, 9.17) is 18.9 Å². The van der Waals surface area contributed by atoms with Crippen LogP contribution in [0.25, 0.3) is 0 Å². The Hall–Kier alpha value is -2.11. The summed E-state index contributed by atoms with van der Waals surface area (Å²) in [6, 6.07) is 10.2. The van der Waals surface area contributed by atoms with Crippen LogP contribution in [0.4, 0.5) is 0 Å². The summed E-state index contributed by atoms with van der Waals surface area (Å²) >= 11 is 0. The molecule has 0 radical (unpaired) electrons. The normalized spacial score (nSPS) is 15.6. The lowest BCUT2D eigenvalue weighted by atomic mass is 9.85. The molecule has 0 saturated carbocycles. The molecule has 6 heteroatoms. The lowest BCUT2D eigenvalue weighted by Crippen LogP contribution is -2.29. The van der Waals surface area contributed by atoms with Crippen molar-refractivity contribution in [2.24, 2.45) is 0 Å². The summed E-state index contributed by atoms with van der Waals surface area (Å²) < 4.78 is 21.7. The van der Waals surface area contributed by atoms with Crippen LogP contribution in [0.15, 0.2) is 30.3 Å². The minimum absolute atomic E-state index is 0. The van der Waals surface area contributed by atoms with Gasteiger partial charge < -0.3 is 24.3 Å². The van der Waals surface area contributed by atoms with Gasteiger partial charge in [0.15, 0.2) is 23.0 Å². The average molecular weight is 366 g/mol. The van der Waals surface area contributed by atoms with E-state index < -0.39 is 0 Å².